The monoisotopic (exact) mass is 310 g/mol. The second-order valence-corrected chi connectivity index (χ2v) is 6.52. The second-order valence-electron chi connectivity index (χ2n) is 4.20. The lowest BCUT2D eigenvalue weighted by Gasteiger charge is -2.21. The van der Waals surface area contributed by atoms with Crippen LogP contribution < -0.4 is 0 Å². The minimum atomic E-state index is -3.58. The number of aromatic nitrogens is 1. The SMILES string of the molecule is O=S(=O)(c1cccnc1)N(CCCl)Cc1ccccc1. The zero-order valence-corrected chi connectivity index (χ0v) is 12.4. The van der Waals surface area contributed by atoms with Crippen LogP contribution in [-0.2, 0) is 16.6 Å². The predicted molar refractivity (Wildman–Crippen MR) is 79.0 cm³/mol. The first kappa shape index (κ1) is 15.0. The highest BCUT2D eigenvalue weighted by atomic mass is 35.5. The van der Waals surface area contributed by atoms with Crippen LogP contribution in [0.2, 0.25) is 0 Å². The maximum Gasteiger partial charge on any atom is 0.244 e. The van der Waals surface area contributed by atoms with E-state index < -0.39 is 10.0 Å². The number of sulfonamides is 1. The zero-order chi connectivity index (χ0) is 14.4. The van der Waals surface area contributed by atoms with Gasteiger partial charge < -0.3 is 0 Å². The van der Waals surface area contributed by atoms with Gasteiger partial charge in [-0.15, -0.1) is 11.6 Å². The quantitative estimate of drug-likeness (QED) is 0.770. The third-order valence-corrected chi connectivity index (χ3v) is 4.81. The van der Waals surface area contributed by atoms with Crippen molar-refractivity contribution in [2.24, 2.45) is 0 Å². The van der Waals surface area contributed by atoms with Crippen molar-refractivity contribution in [1.82, 2.24) is 9.29 Å². The Balaban J connectivity index is 2.29. The van der Waals surface area contributed by atoms with Crippen molar-refractivity contribution >= 4 is 21.6 Å². The number of pyridine rings is 1. The zero-order valence-electron chi connectivity index (χ0n) is 10.8. The lowest BCUT2D eigenvalue weighted by molar-refractivity contribution is 0.425. The van der Waals surface area contributed by atoms with E-state index in [1.165, 1.54) is 16.6 Å². The first-order valence-electron chi connectivity index (χ1n) is 6.14. The van der Waals surface area contributed by atoms with Gasteiger partial charge in [0.15, 0.2) is 0 Å². The minimum absolute atomic E-state index is 0.182. The van der Waals surface area contributed by atoms with Gasteiger partial charge in [0.2, 0.25) is 10.0 Å². The first-order chi connectivity index (χ1) is 9.64. The summed E-state index contributed by atoms with van der Waals surface area (Å²) in [5, 5.41) is 0. The van der Waals surface area contributed by atoms with E-state index >= 15 is 0 Å². The van der Waals surface area contributed by atoms with E-state index in [0.29, 0.717) is 6.54 Å². The molecular weight excluding hydrogens is 296 g/mol. The molecular formula is C14H15ClN2O2S. The molecule has 0 N–H and O–H groups in total. The molecule has 0 bridgehead atoms. The van der Waals surface area contributed by atoms with Crippen molar-refractivity contribution in [3.05, 3.63) is 60.4 Å². The summed E-state index contributed by atoms with van der Waals surface area (Å²) >= 11 is 5.73. The fourth-order valence-electron chi connectivity index (χ4n) is 1.81. The van der Waals surface area contributed by atoms with Crippen molar-refractivity contribution in [3.8, 4) is 0 Å². The van der Waals surface area contributed by atoms with Crippen LogP contribution in [0, 0.1) is 0 Å². The Morgan fingerprint density at radius 3 is 2.45 bits per heavy atom. The summed E-state index contributed by atoms with van der Waals surface area (Å²) in [5.41, 5.74) is 0.921. The van der Waals surface area contributed by atoms with Gasteiger partial charge in [-0.1, -0.05) is 30.3 Å². The van der Waals surface area contributed by atoms with E-state index in [0.717, 1.165) is 5.56 Å². The molecule has 2 aromatic rings. The molecule has 0 unspecified atom stereocenters. The van der Waals surface area contributed by atoms with E-state index in [2.05, 4.69) is 4.98 Å². The highest BCUT2D eigenvalue weighted by Gasteiger charge is 2.24. The van der Waals surface area contributed by atoms with Gasteiger partial charge in [0.05, 0.1) is 0 Å². The van der Waals surface area contributed by atoms with Crippen molar-refractivity contribution in [3.63, 3.8) is 0 Å². The molecule has 0 saturated heterocycles. The number of nitrogens with zero attached hydrogens (tertiary/aromatic N) is 2. The van der Waals surface area contributed by atoms with Crippen LogP contribution >= 0.6 is 11.6 Å². The van der Waals surface area contributed by atoms with Crippen LogP contribution in [0.15, 0.2) is 59.8 Å². The highest BCUT2D eigenvalue weighted by Crippen LogP contribution is 2.17. The topological polar surface area (TPSA) is 50.3 Å². The Hall–Kier alpha value is -1.43. The summed E-state index contributed by atoms with van der Waals surface area (Å²) in [5.74, 6) is 0.242. The van der Waals surface area contributed by atoms with Crippen molar-refractivity contribution in [1.29, 1.82) is 0 Å². The van der Waals surface area contributed by atoms with Gasteiger partial charge in [0, 0.05) is 31.4 Å². The average Bonchev–Trinajstić information content (AvgIpc) is 2.49. The molecule has 0 spiro atoms. The fourth-order valence-corrected chi connectivity index (χ4v) is 3.51. The number of hydrogen-bond acceptors (Lipinski definition) is 3. The van der Waals surface area contributed by atoms with Crippen molar-refractivity contribution in [2.45, 2.75) is 11.4 Å². The van der Waals surface area contributed by atoms with Crippen LogP contribution in [0.5, 0.6) is 0 Å². The smallest absolute Gasteiger partial charge is 0.244 e. The molecule has 2 rings (SSSR count). The van der Waals surface area contributed by atoms with Crippen LogP contribution in [0.3, 0.4) is 0 Å². The molecule has 0 atom stereocenters. The van der Waals surface area contributed by atoms with E-state index in [1.807, 2.05) is 30.3 Å². The summed E-state index contributed by atoms with van der Waals surface area (Å²) in [4.78, 5) is 4.04. The van der Waals surface area contributed by atoms with E-state index in [1.54, 1.807) is 12.3 Å². The molecule has 1 heterocycles. The molecule has 0 aliphatic rings. The van der Waals surface area contributed by atoms with Crippen LogP contribution in [0.4, 0.5) is 0 Å². The van der Waals surface area contributed by atoms with Gasteiger partial charge in [0.1, 0.15) is 4.90 Å². The summed E-state index contributed by atoms with van der Waals surface area (Å²) in [6, 6.07) is 12.6. The van der Waals surface area contributed by atoms with Gasteiger partial charge >= 0.3 is 0 Å². The maximum absolute atomic E-state index is 12.6. The summed E-state index contributed by atoms with van der Waals surface area (Å²) in [6.45, 7) is 0.554. The lowest BCUT2D eigenvalue weighted by Crippen LogP contribution is -2.32. The summed E-state index contributed by atoms with van der Waals surface area (Å²) in [6.07, 6.45) is 2.89. The number of benzene rings is 1. The van der Waals surface area contributed by atoms with Gasteiger partial charge in [-0.2, -0.15) is 4.31 Å². The molecule has 0 amide bonds. The molecule has 4 nitrogen and oxygen atoms in total. The number of hydrogen-bond donors (Lipinski definition) is 0. The Bertz CT molecular complexity index is 633. The molecule has 0 fully saturated rings. The molecule has 1 aromatic carbocycles. The average molecular weight is 311 g/mol. The molecule has 20 heavy (non-hydrogen) atoms. The van der Waals surface area contributed by atoms with E-state index in [-0.39, 0.29) is 17.3 Å². The van der Waals surface area contributed by atoms with Gasteiger partial charge in [0.25, 0.3) is 0 Å². The van der Waals surface area contributed by atoms with Gasteiger partial charge in [-0.05, 0) is 17.7 Å². The largest absolute Gasteiger partial charge is 0.263 e. The van der Waals surface area contributed by atoms with Crippen molar-refractivity contribution < 1.29 is 8.42 Å². The molecule has 0 aliphatic carbocycles. The summed E-state index contributed by atoms with van der Waals surface area (Å²) in [7, 11) is -3.58. The standard InChI is InChI=1S/C14H15ClN2O2S/c15-8-10-17(12-13-5-2-1-3-6-13)20(18,19)14-7-4-9-16-11-14/h1-7,9,11H,8,10,12H2. The molecule has 1 aromatic heterocycles. The third-order valence-electron chi connectivity index (χ3n) is 2.81. The van der Waals surface area contributed by atoms with Crippen LogP contribution in [0.25, 0.3) is 0 Å². The Morgan fingerprint density at radius 1 is 1.10 bits per heavy atom. The van der Waals surface area contributed by atoms with Crippen molar-refractivity contribution in [2.75, 3.05) is 12.4 Å². The molecule has 106 valence electrons. The van der Waals surface area contributed by atoms with E-state index in [4.69, 9.17) is 11.6 Å². The molecule has 0 aliphatic heterocycles. The second kappa shape index (κ2) is 6.83. The Morgan fingerprint density at radius 2 is 1.85 bits per heavy atom. The molecule has 0 radical (unpaired) electrons. The number of halogens is 1. The first-order valence-corrected chi connectivity index (χ1v) is 8.12. The maximum atomic E-state index is 12.6. The van der Waals surface area contributed by atoms with E-state index in [9.17, 15) is 8.42 Å². The van der Waals surface area contributed by atoms with Gasteiger partial charge in [-0.25, -0.2) is 8.42 Å². The molecule has 6 heteroatoms. The lowest BCUT2D eigenvalue weighted by atomic mass is 10.2. The normalized spacial score (nSPS) is 11.7. The highest BCUT2D eigenvalue weighted by molar-refractivity contribution is 7.89. The van der Waals surface area contributed by atoms with Crippen LogP contribution in [-0.4, -0.2) is 30.1 Å². The summed E-state index contributed by atoms with van der Waals surface area (Å²) < 4.78 is 26.5. The minimum Gasteiger partial charge on any atom is -0.263 e. The van der Waals surface area contributed by atoms with Gasteiger partial charge in [-0.3, -0.25) is 4.98 Å². The Kier molecular flexibility index (Phi) is 5.11. The molecule has 0 saturated carbocycles. The fraction of sp³-hybridized carbons (Fsp3) is 0.214. The Labute approximate surface area is 124 Å². The predicted octanol–water partition coefficient (Wildman–Crippen LogP) is 2.51. The number of rotatable bonds is 6. The van der Waals surface area contributed by atoms with Crippen LogP contribution in [0.1, 0.15) is 5.56 Å². The number of alkyl halides is 1. The third kappa shape index (κ3) is 3.56.